The van der Waals surface area contributed by atoms with Crippen LogP contribution < -0.4 is 10.6 Å². The Morgan fingerprint density at radius 3 is 2.64 bits per heavy atom. The molecule has 22 heavy (non-hydrogen) atoms. The van der Waals surface area contributed by atoms with Gasteiger partial charge in [0.15, 0.2) is 5.96 Å². The third-order valence-electron chi connectivity index (χ3n) is 3.40. The highest BCUT2D eigenvalue weighted by atomic mass is 32.1. The van der Waals surface area contributed by atoms with Crippen LogP contribution in [0.1, 0.15) is 27.9 Å². The molecule has 118 valence electrons. The summed E-state index contributed by atoms with van der Waals surface area (Å²) in [6.45, 7) is 5.84. The number of aromatic nitrogens is 1. The molecule has 0 amide bonds. The van der Waals surface area contributed by atoms with Crippen molar-refractivity contribution >= 4 is 17.3 Å². The van der Waals surface area contributed by atoms with E-state index in [4.69, 9.17) is 0 Å². The molecular weight excluding hydrogens is 292 g/mol. The van der Waals surface area contributed by atoms with E-state index in [0.717, 1.165) is 37.6 Å². The van der Waals surface area contributed by atoms with Crippen molar-refractivity contribution in [1.82, 2.24) is 15.6 Å². The van der Waals surface area contributed by atoms with Gasteiger partial charge in [0, 0.05) is 35.2 Å². The summed E-state index contributed by atoms with van der Waals surface area (Å²) < 4.78 is 0. The van der Waals surface area contributed by atoms with Gasteiger partial charge in [-0.2, -0.15) is 0 Å². The summed E-state index contributed by atoms with van der Waals surface area (Å²) in [4.78, 5) is 11.3. The smallest absolute Gasteiger partial charge is 0.191 e. The van der Waals surface area contributed by atoms with Crippen LogP contribution in [0.25, 0.3) is 0 Å². The van der Waals surface area contributed by atoms with Gasteiger partial charge in [0.25, 0.3) is 0 Å². The van der Waals surface area contributed by atoms with Gasteiger partial charge in [-0.3, -0.25) is 9.98 Å². The van der Waals surface area contributed by atoms with Gasteiger partial charge < -0.3 is 10.6 Å². The van der Waals surface area contributed by atoms with Crippen LogP contribution in [0.15, 0.2) is 35.5 Å². The molecule has 2 aromatic heterocycles. The molecule has 0 bridgehead atoms. The zero-order valence-electron chi connectivity index (χ0n) is 13.5. The predicted molar refractivity (Wildman–Crippen MR) is 94.6 cm³/mol. The first-order valence-corrected chi connectivity index (χ1v) is 8.46. The first-order chi connectivity index (χ1) is 10.7. The van der Waals surface area contributed by atoms with E-state index in [0.29, 0.717) is 0 Å². The standard InChI is InChI=1S/C17H24N4S/c1-4-15-7-8-16(22-15)12-21-17(18-3)19-10-9-14-6-5-13(2)20-11-14/h5-8,11H,4,9-10,12H2,1-3H3,(H2,18,19,21). The van der Waals surface area contributed by atoms with E-state index in [1.807, 2.05) is 30.5 Å². The lowest BCUT2D eigenvalue weighted by molar-refractivity contribution is 0.797. The van der Waals surface area contributed by atoms with Gasteiger partial charge >= 0.3 is 0 Å². The Morgan fingerprint density at radius 2 is 2.00 bits per heavy atom. The third kappa shape index (κ3) is 5.15. The molecule has 5 heteroatoms. The molecule has 0 aliphatic rings. The highest BCUT2D eigenvalue weighted by Crippen LogP contribution is 2.16. The van der Waals surface area contributed by atoms with E-state index >= 15 is 0 Å². The zero-order valence-corrected chi connectivity index (χ0v) is 14.3. The van der Waals surface area contributed by atoms with Gasteiger partial charge in [-0.1, -0.05) is 13.0 Å². The van der Waals surface area contributed by atoms with E-state index in [1.165, 1.54) is 15.3 Å². The number of rotatable bonds is 6. The van der Waals surface area contributed by atoms with Crippen molar-refractivity contribution in [2.24, 2.45) is 4.99 Å². The fraction of sp³-hybridized carbons (Fsp3) is 0.412. The number of hydrogen-bond donors (Lipinski definition) is 2. The Morgan fingerprint density at radius 1 is 1.18 bits per heavy atom. The van der Waals surface area contributed by atoms with Crippen LogP contribution in [0, 0.1) is 6.92 Å². The van der Waals surface area contributed by atoms with Crippen LogP contribution in [0.4, 0.5) is 0 Å². The highest BCUT2D eigenvalue weighted by molar-refractivity contribution is 7.11. The van der Waals surface area contributed by atoms with Crippen molar-refractivity contribution in [3.63, 3.8) is 0 Å². The Balaban J connectivity index is 1.74. The molecule has 0 unspecified atom stereocenters. The molecule has 0 radical (unpaired) electrons. The van der Waals surface area contributed by atoms with Gasteiger partial charge in [0.1, 0.15) is 0 Å². The van der Waals surface area contributed by atoms with Crippen molar-refractivity contribution in [3.8, 4) is 0 Å². The number of pyridine rings is 1. The molecular formula is C17H24N4S. The molecule has 0 aromatic carbocycles. The number of hydrogen-bond acceptors (Lipinski definition) is 3. The molecule has 2 heterocycles. The van der Waals surface area contributed by atoms with Gasteiger partial charge in [-0.05, 0) is 43.5 Å². The summed E-state index contributed by atoms with van der Waals surface area (Å²) in [5.74, 6) is 0.839. The summed E-state index contributed by atoms with van der Waals surface area (Å²) in [6, 6.07) is 8.55. The number of guanidine groups is 1. The average Bonchev–Trinajstić information content (AvgIpc) is 3.00. The number of aliphatic imine (C=N–C) groups is 1. The Kier molecular flexibility index (Phi) is 6.40. The maximum Gasteiger partial charge on any atom is 0.191 e. The van der Waals surface area contributed by atoms with Gasteiger partial charge in [-0.15, -0.1) is 11.3 Å². The van der Waals surface area contributed by atoms with Crippen molar-refractivity contribution < 1.29 is 0 Å². The normalized spacial score (nSPS) is 11.5. The topological polar surface area (TPSA) is 49.3 Å². The number of nitrogens with one attached hydrogen (secondary N) is 2. The van der Waals surface area contributed by atoms with E-state index in [1.54, 1.807) is 7.05 Å². The maximum atomic E-state index is 4.31. The van der Waals surface area contributed by atoms with Crippen molar-refractivity contribution in [3.05, 3.63) is 51.5 Å². The van der Waals surface area contributed by atoms with Crippen LogP contribution in [0.2, 0.25) is 0 Å². The molecule has 4 nitrogen and oxygen atoms in total. The van der Waals surface area contributed by atoms with Crippen LogP contribution in [-0.2, 0) is 19.4 Å². The number of thiophene rings is 1. The first-order valence-electron chi connectivity index (χ1n) is 7.65. The summed E-state index contributed by atoms with van der Waals surface area (Å²) in [7, 11) is 1.80. The largest absolute Gasteiger partial charge is 0.356 e. The SMILES string of the molecule is CCc1ccc(CNC(=NC)NCCc2ccc(C)nc2)s1. The molecule has 0 aliphatic heterocycles. The third-order valence-corrected chi connectivity index (χ3v) is 4.63. The second-order valence-electron chi connectivity index (χ2n) is 5.13. The quantitative estimate of drug-likeness (QED) is 0.636. The van der Waals surface area contributed by atoms with E-state index in [2.05, 4.69) is 45.7 Å². The Bertz CT molecular complexity index is 601. The predicted octanol–water partition coefficient (Wildman–Crippen LogP) is 2.92. The lowest BCUT2D eigenvalue weighted by atomic mass is 10.2. The molecule has 0 aliphatic carbocycles. The monoisotopic (exact) mass is 316 g/mol. The fourth-order valence-electron chi connectivity index (χ4n) is 2.07. The molecule has 0 fully saturated rings. The molecule has 2 aromatic rings. The molecule has 0 spiro atoms. The second-order valence-corrected chi connectivity index (χ2v) is 6.38. The summed E-state index contributed by atoms with van der Waals surface area (Å²) in [5.41, 5.74) is 2.29. The maximum absolute atomic E-state index is 4.31. The van der Waals surface area contributed by atoms with E-state index in [-0.39, 0.29) is 0 Å². The second kappa shape index (κ2) is 8.54. The minimum atomic E-state index is 0.816. The average molecular weight is 316 g/mol. The minimum absolute atomic E-state index is 0.816. The van der Waals surface area contributed by atoms with Crippen LogP contribution in [0.5, 0.6) is 0 Å². The van der Waals surface area contributed by atoms with E-state index < -0.39 is 0 Å². The van der Waals surface area contributed by atoms with Crippen molar-refractivity contribution in [2.45, 2.75) is 33.2 Å². The lowest BCUT2D eigenvalue weighted by Gasteiger charge is -2.11. The van der Waals surface area contributed by atoms with Crippen LogP contribution >= 0.6 is 11.3 Å². The number of aryl methyl sites for hydroxylation is 2. The summed E-state index contributed by atoms with van der Waals surface area (Å²) in [5, 5.41) is 6.69. The zero-order chi connectivity index (χ0) is 15.8. The Labute approximate surface area is 136 Å². The van der Waals surface area contributed by atoms with Crippen LogP contribution in [-0.4, -0.2) is 24.5 Å². The van der Waals surface area contributed by atoms with Crippen molar-refractivity contribution in [1.29, 1.82) is 0 Å². The van der Waals surface area contributed by atoms with Crippen LogP contribution in [0.3, 0.4) is 0 Å². The van der Waals surface area contributed by atoms with Gasteiger partial charge in [-0.25, -0.2) is 0 Å². The lowest BCUT2D eigenvalue weighted by Crippen LogP contribution is -2.37. The fourth-order valence-corrected chi connectivity index (χ4v) is 2.97. The minimum Gasteiger partial charge on any atom is -0.356 e. The summed E-state index contributed by atoms with van der Waals surface area (Å²) >= 11 is 1.85. The van der Waals surface area contributed by atoms with Gasteiger partial charge in [0.2, 0.25) is 0 Å². The van der Waals surface area contributed by atoms with Gasteiger partial charge in [0.05, 0.1) is 6.54 Å². The summed E-state index contributed by atoms with van der Waals surface area (Å²) in [6.07, 6.45) is 3.97. The molecule has 2 rings (SSSR count). The molecule has 0 saturated heterocycles. The van der Waals surface area contributed by atoms with Crippen molar-refractivity contribution in [2.75, 3.05) is 13.6 Å². The van der Waals surface area contributed by atoms with E-state index in [9.17, 15) is 0 Å². The number of nitrogens with zero attached hydrogens (tertiary/aromatic N) is 2. The molecule has 2 N–H and O–H groups in total. The Hall–Kier alpha value is -1.88. The molecule has 0 atom stereocenters. The highest BCUT2D eigenvalue weighted by Gasteiger charge is 2.01. The first kappa shape index (κ1) is 16.5. The molecule has 0 saturated carbocycles.